The van der Waals surface area contributed by atoms with Gasteiger partial charge in [-0.25, -0.2) is 4.79 Å². The standard InChI is InChI=1S/C24H25ClN2O3S/c1-3-15(2)20(14-26)27(23(28)17-11-7-8-12-18(17)25)19-13-21(31-22(19)24(29)30)16-9-5-4-6-10-16/h4-13,15,20H,3,14,26H2,1-2H3,(H,29,30). The molecule has 2 aromatic carbocycles. The van der Waals surface area contributed by atoms with E-state index in [2.05, 4.69) is 0 Å². The Morgan fingerprint density at radius 3 is 2.35 bits per heavy atom. The lowest BCUT2D eigenvalue weighted by atomic mass is 9.96. The minimum atomic E-state index is -1.08. The zero-order valence-corrected chi connectivity index (χ0v) is 19.0. The summed E-state index contributed by atoms with van der Waals surface area (Å²) in [7, 11) is 0. The Labute approximate surface area is 191 Å². The fourth-order valence-electron chi connectivity index (χ4n) is 3.53. The Bertz CT molecular complexity index is 1070. The van der Waals surface area contributed by atoms with E-state index in [9.17, 15) is 14.7 Å². The largest absolute Gasteiger partial charge is 0.477 e. The first-order valence-electron chi connectivity index (χ1n) is 10.1. The molecule has 0 saturated heterocycles. The molecular formula is C24H25ClN2O3S. The van der Waals surface area contributed by atoms with E-state index in [1.165, 1.54) is 4.90 Å². The molecule has 2 unspecified atom stereocenters. The van der Waals surface area contributed by atoms with Gasteiger partial charge in [0.2, 0.25) is 0 Å². The van der Waals surface area contributed by atoms with Gasteiger partial charge in [0.25, 0.3) is 5.91 Å². The second kappa shape index (κ2) is 10.1. The fraction of sp³-hybridized carbons (Fsp3) is 0.250. The number of carbonyl (C=O) groups is 2. The van der Waals surface area contributed by atoms with Gasteiger partial charge in [0, 0.05) is 11.4 Å². The van der Waals surface area contributed by atoms with Gasteiger partial charge in [-0.3, -0.25) is 4.79 Å². The van der Waals surface area contributed by atoms with Gasteiger partial charge in [-0.1, -0.05) is 74.3 Å². The summed E-state index contributed by atoms with van der Waals surface area (Å²) in [6, 6.07) is 17.7. The highest BCUT2D eigenvalue weighted by Gasteiger charge is 2.34. The Morgan fingerprint density at radius 2 is 1.77 bits per heavy atom. The summed E-state index contributed by atoms with van der Waals surface area (Å²) in [5, 5.41) is 10.3. The second-order valence-electron chi connectivity index (χ2n) is 7.34. The van der Waals surface area contributed by atoms with Crippen LogP contribution in [0.1, 0.15) is 40.3 Å². The minimum Gasteiger partial charge on any atom is -0.477 e. The second-order valence-corrected chi connectivity index (χ2v) is 8.80. The number of nitrogens with two attached hydrogens (primary N) is 1. The molecule has 0 bridgehead atoms. The first kappa shape index (κ1) is 23.0. The monoisotopic (exact) mass is 456 g/mol. The maximum atomic E-state index is 13.7. The molecule has 1 amide bonds. The van der Waals surface area contributed by atoms with Crippen molar-refractivity contribution in [1.29, 1.82) is 0 Å². The summed E-state index contributed by atoms with van der Waals surface area (Å²) >= 11 is 7.47. The van der Waals surface area contributed by atoms with Crippen LogP contribution < -0.4 is 10.6 Å². The highest BCUT2D eigenvalue weighted by Crippen LogP contribution is 2.39. The van der Waals surface area contributed by atoms with Crippen molar-refractivity contribution in [3.8, 4) is 10.4 Å². The van der Waals surface area contributed by atoms with Crippen molar-refractivity contribution in [3.63, 3.8) is 0 Å². The minimum absolute atomic E-state index is 0.0538. The van der Waals surface area contributed by atoms with Gasteiger partial charge >= 0.3 is 5.97 Å². The number of anilines is 1. The van der Waals surface area contributed by atoms with E-state index in [1.807, 2.05) is 44.2 Å². The number of carboxylic acids is 1. The number of aromatic carboxylic acids is 1. The van der Waals surface area contributed by atoms with Crippen LogP contribution in [0, 0.1) is 5.92 Å². The molecule has 2 atom stereocenters. The van der Waals surface area contributed by atoms with Crippen LogP contribution in [-0.2, 0) is 0 Å². The normalized spacial score (nSPS) is 12.9. The number of hydrogen-bond donors (Lipinski definition) is 2. The van der Waals surface area contributed by atoms with Crippen LogP contribution in [0.4, 0.5) is 5.69 Å². The van der Waals surface area contributed by atoms with Crippen molar-refractivity contribution < 1.29 is 14.7 Å². The van der Waals surface area contributed by atoms with E-state index in [4.69, 9.17) is 17.3 Å². The van der Waals surface area contributed by atoms with E-state index in [0.29, 0.717) is 16.3 Å². The molecule has 0 spiro atoms. The van der Waals surface area contributed by atoms with Crippen molar-refractivity contribution in [2.24, 2.45) is 11.7 Å². The van der Waals surface area contributed by atoms with Gasteiger partial charge in [-0.05, 0) is 29.7 Å². The Morgan fingerprint density at radius 1 is 1.13 bits per heavy atom. The van der Waals surface area contributed by atoms with Crippen molar-refractivity contribution >= 4 is 40.5 Å². The van der Waals surface area contributed by atoms with E-state index in [-0.39, 0.29) is 29.3 Å². The SMILES string of the molecule is CCC(C)C(CN)N(C(=O)c1ccccc1Cl)c1cc(-c2ccccc2)sc1C(=O)O. The average molecular weight is 457 g/mol. The van der Waals surface area contributed by atoms with Crippen LogP contribution in [-0.4, -0.2) is 29.6 Å². The van der Waals surface area contributed by atoms with Crippen LogP contribution in [0.25, 0.3) is 10.4 Å². The summed E-state index contributed by atoms with van der Waals surface area (Å²) in [6.45, 7) is 4.22. The van der Waals surface area contributed by atoms with Gasteiger partial charge in [-0.15, -0.1) is 11.3 Å². The molecule has 0 aliphatic carbocycles. The lowest BCUT2D eigenvalue weighted by Gasteiger charge is -2.35. The number of halogens is 1. The predicted octanol–water partition coefficient (Wildman–Crippen LogP) is 5.79. The zero-order valence-electron chi connectivity index (χ0n) is 17.4. The first-order valence-corrected chi connectivity index (χ1v) is 11.3. The number of amides is 1. The number of carboxylic acid groups (broad SMARTS) is 1. The molecule has 0 fully saturated rings. The third-order valence-corrected chi connectivity index (χ3v) is 6.91. The van der Waals surface area contributed by atoms with Crippen molar-refractivity contribution in [3.05, 3.63) is 76.1 Å². The molecule has 1 aromatic heterocycles. The van der Waals surface area contributed by atoms with Crippen LogP contribution in [0.5, 0.6) is 0 Å². The fourth-order valence-corrected chi connectivity index (χ4v) is 4.74. The molecule has 0 radical (unpaired) electrons. The maximum absolute atomic E-state index is 13.7. The molecule has 3 aromatic rings. The maximum Gasteiger partial charge on any atom is 0.348 e. The molecule has 7 heteroatoms. The number of carbonyl (C=O) groups excluding carboxylic acids is 1. The van der Waals surface area contributed by atoms with Crippen LogP contribution >= 0.6 is 22.9 Å². The Hall–Kier alpha value is -2.67. The molecule has 3 N–H and O–H groups in total. The zero-order chi connectivity index (χ0) is 22.5. The highest BCUT2D eigenvalue weighted by molar-refractivity contribution is 7.18. The summed E-state index contributed by atoms with van der Waals surface area (Å²) in [5.74, 6) is -1.39. The Kier molecular flexibility index (Phi) is 7.49. The summed E-state index contributed by atoms with van der Waals surface area (Å²) < 4.78 is 0. The van der Waals surface area contributed by atoms with Gasteiger partial charge < -0.3 is 15.7 Å². The lowest BCUT2D eigenvalue weighted by molar-refractivity contribution is 0.0702. The highest BCUT2D eigenvalue weighted by atomic mass is 35.5. The van der Waals surface area contributed by atoms with Crippen molar-refractivity contribution in [2.45, 2.75) is 26.3 Å². The third kappa shape index (κ3) is 4.82. The number of nitrogens with zero attached hydrogens (tertiary/aromatic N) is 1. The molecule has 0 saturated carbocycles. The molecule has 31 heavy (non-hydrogen) atoms. The van der Waals surface area contributed by atoms with E-state index < -0.39 is 5.97 Å². The van der Waals surface area contributed by atoms with Crippen molar-refractivity contribution in [2.75, 3.05) is 11.4 Å². The smallest absolute Gasteiger partial charge is 0.348 e. The summed E-state index contributed by atoms with van der Waals surface area (Å²) in [5.41, 5.74) is 7.66. The van der Waals surface area contributed by atoms with Crippen molar-refractivity contribution in [1.82, 2.24) is 0 Å². The summed E-state index contributed by atoms with van der Waals surface area (Å²) in [4.78, 5) is 28.3. The Balaban J connectivity index is 2.22. The number of benzene rings is 2. The molecular weight excluding hydrogens is 432 g/mol. The molecule has 3 rings (SSSR count). The van der Waals surface area contributed by atoms with Gasteiger partial charge in [0.1, 0.15) is 4.88 Å². The van der Waals surface area contributed by atoms with E-state index >= 15 is 0 Å². The van der Waals surface area contributed by atoms with Gasteiger partial charge in [0.05, 0.1) is 22.3 Å². The van der Waals surface area contributed by atoms with Crippen LogP contribution in [0.3, 0.4) is 0 Å². The third-order valence-electron chi connectivity index (χ3n) is 5.42. The van der Waals surface area contributed by atoms with Crippen LogP contribution in [0.2, 0.25) is 5.02 Å². The van der Waals surface area contributed by atoms with Gasteiger partial charge in [0.15, 0.2) is 0 Å². The average Bonchev–Trinajstić information content (AvgIpc) is 3.22. The van der Waals surface area contributed by atoms with E-state index in [1.54, 1.807) is 30.3 Å². The molecule has 162 valence electrons. The van der Waals surface area contributed by atoms with E-state index in [0.717, 1.165) is 28.2 Å². The molecule has 5 nitrogen and oxygen atoms in total. The predicted molar refractivity (Wildman–Crippen MR) is 127 cm³/mol. The number of hydrogen-bond acceptors (Lipinski definition) is 4. The number of thiophene rings is 1. The molecule has 0 aliphatic rings. The topological polar surface area (TPSA) is 83.6 Å². The quantitative estimate of drug-likeness (QED) is 0.449. The lowest BCUT2D eigenvalue weighted by Crippen LogP contribution is -2.48. The molecule has 0 aliphatic heterocycles. The summed E-state index contributed by atoms with van der Waals surface area (Å²) in [6.07, 6.45) is 0.784. The molecule has 1 heterocycles. The van der Waals surface area contributed by atoms with Crippen LogP contribution in [0.15, 0.2) is 60.7 Å². The first-order chi connectivity index (χ1) is 14.9. The number of rotatable bonds is 8. The van der Waals surface area contributed by atoms with Gasteiger partial charge in [-0.2, -0.15) is 0 Å².